The van der Waals surface area contributed by atoms with Gasteiger partial charge >= 0.3 is 0 Å². The number of primary sulfonamides is 1. The summed E-state index contributed by atoms with van der Waals surface area (Å²) in [5, 5.41) is 5.02. The van der Waals surface area contributed by atoms with Crippen molar-refractivity contribution in [2.75, 3.05) is 0 Å². The molecule has 0 saturated heterocycles. The van der Waals surface area contributed by atoms with Gasteiger partial charge in [0, 0.05) is 3.57 Å². The summed E-state index contributed by atoms with van der Waals surface area (Å²) in [6.07, 6.45) is 0. The van der Waals surface area contributed by atoms with Gasteiger partial charge in [0.05, 0.1) is 4.90 Å². The number of halogens is 1. The first kappa shape index (κ1) is 14.3. The summed E-state index contributed by atoms with van der Waals surface area (Å²) in [6, 6.07) is 14.0. The van der Waals surface area contributed by atoms with Crippen molar-refractivity contribution in [3.63, 3.8) is 0 Å². The van der Waals surface area contributed by atoms with Gasteiger partial charge in [-0.05, 0) is 64.6 Å². The van der Waals surface area contributed by atoms with E-state index in [-0.39, 0.29) is 4.90 Å². The van der Waals surface area contributed by atoms with Crippen molar-refractivity contribution in [1.29, 1.82) is 0 Å². The van der Waals surface area contributed by atoms with Crippen molar-refractivity contribution in [2.45, 2.75) is 11.5 Å². The van der Waals surface area contributed by atoms with E-state index in [0.29, 0.717) is 12.4 Å². The molecule has 0 heterocycles. The van der Waals surface area contributed by atoms with Crippen LogP contribution in [0, 0.1) is 3.57 Å². The Morgan fingerprint density at radius 3 is 2.11 bits per heavy atom. The summed E-state index contributed by atoms with van der Waals surface area (Å²) < 4.78 is 28.9. The van der Waals surface area contributed by atoms with Crippen molar-refractivity contribution in [3.05, 3.63) is 57.7 Å². The Bertz CT molecular complexity index is 651. The van der Waals surface area contributed by atoms with Crippen molar-refractivity contribution in [3.8, 4) is 5.75 Å². The van der Waals surface area contributed by atoms with Crippen molar-refractivity contribution in [1.82, 2.24) is 0 Å². The molecule has 0 radical (unpaired) electrons. The topological polar surface area (TPSA) is 69.4 Å². The first-order chi connectivity index (χ1) is 8.95. The van der Waals surface area contributed by atoms with Gasteiger partial charge in [0.15, 0.2) is 0 Å². The molecule has 0 saturated carbocycles. The van der Waals surface area contributed by atoms with Gasteiger partial charge < -0.3 is 4.74 Å². The summed E-state index contributed by atoms with van der Waals surface area (Å²) in [6.45, 7) is 0.436. The van der Waals surface area contributed by atoms with E-state index in [1.807, 2.05) is 24.3 Å². The molecule has 0 aliphatic carbocycles. The molecule has 4 nitrogen and oxygen atoms in total. The van der Waals surface area contributed by atoms with E-state index < -0.39 is 10.0 Å². The van der Waals surface area contributed by atoms with Crippen LogP contribution in [0.1, 0.15) is 5.56 Å². The quantitative estimate of drug-likeness (QED) is 0.818. The lowest BCUT2D eigenvalue weighted by atomic mass is 10.2. The lowest BCUT2D eigenvalue weighted by Crippen LogP contribution is -2.11. The number of nitrogens with two attached hydrogens (primary N) is 1. The highest BCUT2D eigenvalue weighted by Crippen LogP contribution is 2.16. The SMILES string of the molecule is NS(=O)(=O)c1ccc(OCc2ccc(I)cc2)cc1. The molecule has 2 aromatic carbocycles. The van der Waals surface area contributed by atoms with Gasteiger partial charge in [-0.15, -0.1) is 0 Å². The fourth-order valence-corrected chi connectivity index (χ4v) is 2.35. The normalized spacial score (nSPS) is 11.3. The molecule has 6 heteroatoms. The van der Waals surface area contributed by atoms with Crippen molar-refractivity contribution >= 4 is 32.6 Å². The second-order valence-electron chi connectivity index (χ2n) is 3.93. The molecule has 0 fully saturated rings. The average molecular weight is 389 g/mol. The van der Waals surface area contributed by atoms with E-state index in [9.17, 15) is 8.42 Å². The zero-order valence-electron chi connectivity index (χ0n) is 9.91. The largest absolute Gasteiger partial charge is 0.489 e. The van der Waals surface area contributed by atoms with Crippen LogP contribution in [0.4, 0.5) is 0 Å². The average Bonchev–Trinajstić information content (AvgIpc) is 2.37. The Kier molecular flexibility index (Phi) is 4.43. The van der Waals surface area contributed by atoms with E-state index in [1.54, 1.807) is 12.1 Å². The van der Waals surface area contributed by atoms with E-state index >= 15 is 0 Å². The Labute approximate surface area is 125 Å². The zero-order chi connectivity index (χ0) is 13.9. The molecular formula is C13H12INO3S. The van der Waals surface area contributed by atoms with Crippen molar-refractivity contribution in [2.24, 2.45) is 5.14 Å². The van der Waals surface area contributed by atoms with E-state index in [4.69, 9.17) is 9.88 Å². The summed E-state index contributed by atoms with van der Waals surface area (Å²) in [4.78, 5) is 0.0779. The highest BCUT2D eigenvalue weighted by Gasteiger charge is 2.06. The molecule has 0 unspecified atom stereocenters. The first-order valence-corrected chi connectivity index (χ1v) is 8.08. The van der Waals surface area contributed by atoms with Crippen LogP contribution in [-0.4, -0.2) is 8.42 Å². The molecule has 0 atom stereocenters. The minimum Gasteiger partial charge on any atom is -0.489 e. The molecule has 19 heavy (non-hydrogen) atoms. The van der Waals surface area contributed by atoms with Crippen LogP contribution in [-0.2, 0) is 16.6 Å². The van der Waals surface area contributed by atoms with Gasteiger partial charge in [0.1, 0.15) is 12.4 Å². The van der Waals surface area contributed by atoms with Crippen LogP contribution in [0.15, 0.2) is 53.4 Å². The number of hydrogen-bond donors (Lipinski definition) is 1. The summed E-state index contributed by atoms with van der Waals surface area (Å²) in [7, 11) is -3.65. The Balaban J connectivity index is 2.02. The molecular weight excluding hydrogens is 377 g/mol. The Morgan fingerprint density at radius 2 is 1.58 bits per heavy atom. The smallest absolute Gasteiger partial charge is 0.238 e. The Morgan fingerprint density at radius 1 is 1.00 bits per heavy atom. The second-order valence-corrected chi connectivity index (χ2v) is 6.74. The number of ether oxygens (including phenoxy) is 1. The lowest BCUT2D eigenvalue weighted by Gasteiger charge is -2.07. The van der Waals surface area contributed by atoms with Gasteiger partial charge in [0.2, 0.25) is 10.0 Å². The predicted molar refractivity (Wildman–Crippen MR) is 81.3 cm³/mol. The third kappa shape index (κ3) is 4.19. The van der Waals surface area contributed by atoms with Crippen LogP contribution in [0.5, 0.6) is 5.75 Å². The number of rotatable bonds is 4. The summed E-state index contributed by atoms with van der Waals surface area (Å²) >= 11 is 2.24. The molecule has 2 rings (SSSR count). The molecule has 0 aromatic heterocycles. The van der Waals surface area contributed by atoms with Crippen LogP contribution in [0.2, 0.25) is 0 Å². The third-order valence-electron chi connectivity index (χ3n) is 2.47. The van der Waals surface area contributed by atoms with E-state index in [0.717, 1.165) is 5.56 Å². The minimum atomic E-state index is -3.65. The van der Waals surface area contributed by atoms with Crippen LogP contribution in [0.25, 0.3) is 0 Å². The molecule has 100 valence electrons. The van der Waals surface area contributed by atoms with Crippen LogP contribution in [0.3, 0.4) is 0 Å². The fourth-order valence-electron chi connectivity index (χ4n) is 1.47. The second kappa shape index (κ2) is 5.89. The standard InChI is InChI=1S/C13H12INO3S/c14-11-3-1-10(2-4-11)9-18-12-5-7-13(8-6-12)19(15,16)17/h1-8H,9H2,(H2,15,16,17). The van der Waals surface area contributed by atoms with Crippen LogP contribution < -0.4 is 9.88 Å². The summed E-state index contributed by atoms with van der Waals surface area (Å²) in [5.74, 6) is 0.603. The molecule has 0 aliphatic heterocycles. The predicted octanol–water partition coefficient (Wildman–Crippen LogP) is 2.52. The highest BCUT2D eigenvalue weighted by molar-refractivity contribution is 14.1. The van der Waals surface area contributed by atoms with Crippen LogP contribution >= 0.6 is 22.6 Å². The van der Waals surface area contributed by atoms with E-state index in [1.165, 1.54) is 15.7 Å². The molecule has 0 bridgehead atoms. The van der Waals surface area contributed by atoms with Crippen molar-refractivity contribution < 1.29 is 13.2 Å². The van der Waals surface area contributed by atoms with Gasteiger partial charge in [-0.1, -0.05) is 12.1 Å². The van der Waals surface area contributed by atoms with Gasteiger partial charge in [-0.3, -0.25) is 0 Å². The number of hydrogen-bond acceptors (Lipinski definition) is 3. The molecule has 0 aliphatic rings. The van der Waals surface area contributed by atoms with E-state index in [2.05, 4.69) is 22.6 Å². The lowest BCUT2D eigenvalue weighted by molar-refractivity contribution is 0.306. The monoisotopic (exact) mass is 389 g/mol. The summed E-state index contributed by atoms with van der Waals surface area (Å²) in [5.41, 5.74) is 1.05. The minimum absolute atomic E-state index is 0.0779. The number of benzene rings is 2. The molecule has 2 N–H and O–H groups in total. The molecule has 0 amide bonds. The van der Waals surface area contributed by atoms with Gasteiger partial charge in [-0.2, -0.15) is 0 Å². The maximum Gasteiger partial charge on any atom is 0.238 e. The van der Waals surface area contributed by atoms with Gasteiger partial charge in [0.25, 0.3) is 0 Å². The maximum absolute atomic E-state index is 11.1. The number of sulfonamides is 1. The third-order valence-corrected chi connectivity index (χ3v) is 4.12. The first-order valence-electron chi connectivity index (χ1n) is 5.45. The van der Waals surface area contributed by atoms with Gasteiger partial charge in [-0.25, -0.2) is 13.6 Å². The Hall–Kier alpha value is -1.12. The maximum atomic E-state index is 11.1. The zero-order valence-corrected chi connectivity index (χ0v) is 12.9. The highest BCUT2D eigenvalue weighted by atomic mass is 127. The molecule has 2 aromatic rings. The fraction of sp³-hybridized carbons (Fsp3) is 0.0769. The molecule has 0 spiro atoms.